The second-order valence-electron chi connectivity index (χ2n) is 7.11. The van der Waals surface area contributed by atoms with Gasteiger partial charge in [-0.05, 0) is 62.1 Å². The van der Waals surface area contributed by atoms with Crippen LogP contribution in [-0.4, -0.2) is 35.7 Å². The minimum atomic E-state index is -0.298. The number of guanidine groups is 1. The molecule has 0 saturated carbocycles. The molecule has 2 fully saturated rings. The molecule has 2 bridgehead atoms. The van der Waals surface area contributed by atoms with Crippen molar-refractivity contribution in [2.45, 2.75) is 51.0 Å². The topological polar surface area (TPSA) is 67.8 Å². The highest BCUT2D eigenvalue weighted by molar-refractivity contribution is 14.0. The summed E-state index contributed by atoms with van der Waals surface area (Å²) in [6.07, 6.45) is 5.72. The summed E-state index contributed by atoms with van der Waals surface area (Å²) >= 11 is 0. The zero-order valence-electron chi connectivity index (χ0n) is 16.3. The molecule has 0 amide bonds. The van der Waals surface area contributed by atoms with E-state index < -0.39 is 0 Å². The van der Waals surface area contributed by atoms with Gasteiger partial charge >= 0.3 is 0 Å². The fourth-order valence-corrected chi connectivity index (χ4v) is 3.68. The second-order valence-corrected chi connectivity index (χ2v) is 7.11. The van der Waals surface area contributed by atoms with Gasteiger partial charge in [-0.15, -0.1) is 24.0 Å². The summed E-state index contributed by atoms with van der Waals surface area (Å²) in [4.78, 5) is 8.91. The molecule has 3 unspecified atom stereocenters. The van der Waals surface area contributed by atoms with Gasteiger partial charge < -0.3 is 20.1 Å². The van der Waals surface area contributed by atoms with Crippen LogP contribution < -0.4 is 15.4 Å². The van der Waals surface area contributed by atoms with E-state index in [-0.39, 0.29) is 29.8 Å². The van der Waals surface area contributed by atoms with E-state index in [0.717, 1.165) is 30.9 Å². The molecular formula is C21H26FIN4O2. The van der Waals surface area contributed by atoms with Gasteiger partial charge in [-0.3, -0.25) is 0 Å². The summed E-state index contributed by atoms with van der Waals surface area (Å²) in [6, 6.07) is 9.95. The lowest BCUT2D eigenvalue weighted by Crippen LogP contribution is -2.47. The van der Waals surface area contributed by atoms with Crippen LogP contribution in [0.2, 0.25) is 0 Å². The van der Waals surface area contributed by atoms with Crippen LogP contribution in [0.25, 0.3) is 0 Å². The summed E-state index contributed by atoms with van der Waals surface area (Å²) < 4.78 is 24.6. The van der Waals surface area contributed by atoms with Crippen LogP contribution in [0.1, 0.15) is 31.7 Å². The Hall–Kier alpha value is -1.94. The minimum Gasteiger partial charge on any atom is -0.439 e. The lowest BCUT2D eigenvalue weighted by atomic mass is 9.96. The number of ether oxygens (including phenoxy) is 2. The predicted octanol–water partition coefficient (Wildman–Crippen LogP) is 4.01. The molecule has 2 saturated heterocycles. The Morgan fingerprint density at radius 3 is 2.79 bits per heavy atom. The fraction of sp³-hybridized carbons (Fsp3) is 0.429. The highest BCUT2D eigenvalue weighted by Crippen LogP contribution is 2.34. The summed E-state index contributed by atoms with van der Waals surface area (Å²) in [6.45, 7) is 3.34. The molecule has 156 valence electrons. The van der Waals surface area contributed by atoms with Crippen LogP contribution in [0.3, 0.4) is 0 Å². The van der Waals surface area contributed by atoms with E-state index in [1.807, 2.05) is 12.1 Å². The number of pyridine rings is 1. The maximum atomic E-state index is 13.0. The standard InChI is InChI=1S/C21H25FN4O2.HI/c1-2-23-21(26-18-12-17-7-8-19(18)27-17)25-13-14-9-10-24-20(11-14)28-16-5-3-15(22)4-6-16;/h3-6,9-11,17-19H,2,7-8,12-13H2,1H3,(H2,23,25,26);1H. The zero-order valence-corrected chi connectivity index (χ0v) is 18.6. The number of hydrogen-bond donors (Lipinski definition) is 2. The SMILES string of the molecule is CCNC(=NCc1ccnc(Oc2ccc(F)cc2)c1)NC1CC2CCC1O2.I. The maximum absolute atomic E-state index is 13.0. The highest BCUT2D eigenvalue weighted by Gasteiger charge is 2.41. The van der Waals surface area contributed by atoms with Crippen LogP contribution in [0.4, 0.5) is 4.39 Å². The number of nitrogens with zero attached hydrogens (tertiary/aromatic N) is 2. The maximum Gasteiger partial charge on any atom is 0.219 e. The van der Waals surface area contributed by atoms with E-state index in [1.54, 1.807) is 18.3 Å². The first-order valence-electron chi connectivity index (χ1n) is 9.78. The lowest BCUT2D eigenvalue weighted by Gasteiger charge is -2.22. The number of nitrogens with one attached hydrogen (secondary N) is 2. The zero-order chi connectivity index (χ0) is 19.3. The van der Waals surface area contributed by atoms with Crippen molar-refractivity contribution >= 4 is 29.9 Å². The smallest absolute Gasteiger partial charge is 0.219 e. The molecule has 3 atom stereocenters. The monoisotopic (exact) mass is 512 g/mol. The summed E-state index contributed by atoms with van der Waals surface area (Å²) in [5.41, 5.74) is 0.980. The average molecular weight is 512 g/mol. The van der Waals surface area contributed by atoms with Gasteiger partial charge in [0.2, 0.25) is 5.88 Å². The Morgan fingerprint density at radius 1 is 1.28 bits per heavy atom. The third-order valence-corrected chi connectivity index (χ3v) is 5.03. The van der Waals surface area contributed by atoms with Crippen molar-refractivity contribution in [3.8, 4) is 11.6 Å². The first-order valence-corrected chi connectivity index (χ1v) is 9.78. The first kappa shape index (κ1) is 21.8. The average Bonchev–Trinajstić information content (AvgIpc) is 3.32. The molecule has 2 aromatic rings. The van der Waals surface area contributed by atoms with Crippen LogP contribution in [0.15, 0.2) is 47.6 Å². The molecule has 2 N–H and O–H groups in total. The van der Waals surface area contributed by atoms with Gasteiger partial charge in [0.1, 0.15) is 11.6 Å². The number of aromatic nitrogens is 1. The van der Waals surface area contributed by atoms with Gasteiger partial charge in [0.25, 0.3) is 0 Å². The fourth-order valence-electron chi connectivity index (χ4n) is 3.68. The van der Waals surface area contributed by atoms with Crippen molar-refractivity contribution in [1.82, 2.24) is 15.6 Å². The summed E-state index contributed by atoms with van der Waals surface area (Å²) in [5, 5.41) is 6.81. The predicted molar refractivity (Wildman–Crippen MR) is 120 cm³/mol. The normalized spacial score (nSPS) is 22.8. The molecule has 8 heteroatoms. The number of fused-ring (bicyclic) bond motifs is 2. The molecule has 1 aromatic carbocycles. The molecule has 0 aliphatic carbocycles. The Kier molecular flexibility index (Phi) is 7.65. The molecule has 0 radical (unpaired) electrons. The molecule has 2 aliphatic heterocycles. The van der Waals surface area contributed by atoms with Crippen molar-refractivity contribution in [2.24, 2.45) is 4.99 Å². The van der Waals surface area contributed by atoms with Crippen LogP contribution >= 0.6 is 24.0 Å². The van der Waals surface area contributed by atoms with Crippen molar-refractivity contribution in [3.05, 3.63) is 54.0 Å². The van der Waals surface area contributed by atoms with Gasteiger partial charge in [-0.1, -0.05) is 0 Å². The lowest BCUT2D eigenvalue weighted by molar-refractivity contribution is 0.0992. The third-order valence-electron chi connectivity index (χ3n) is 5.03. The van der Waals surface area contributed by atoms with Crippen LogP contribution in [0, 0.1) is 5.82 Å². The Bertz CT molecular complexity index is 834. The Balaban J connectivity index is 0.00000240. The van der Waals surface area contributed by atoms with E-state index in [2.05, 4.69) is 22.5 Å². The van der Waals surface area contributed by atoms with Gasteiger partial charge in [-0.25, -0.2) is 14.4 Å². The largest absolute Gasteiger partial charge is 0.439 e. The molecule has 6 nitrogen and oxygen atoms in total. The molecule has 1 aromatic heterocycles. The van der Waals surface area contributed by atoms with Gasteiger partial charge in [0, 0.05) is 18.8 Å². The number of hydrogen-bond acceptors (Lipinski definition) is 4. The van der Waals surface area contributed by atoms with E-state index in [4.69, 9.17) is 14.5 Å². The first-order chi connectivity index (χ1) is 13.7. The Labute approximate surface area is 187 Å². The molecule has 29 heavy (non-hydrogen) atoms. The second kappa shape index (κ2) is 10.2. The molecular weight excluding hydrogens is 486 g/mol. The van der Waals surface area contributed by atoms with E-state index in [0.29, 0.717) is 36.4 Å². The molecule has 0 spiro atoms. The van der Waals surface area contributed by atoms with Crippen molar-refractivity contribution in [3.63, 3.8) is 0 Å². The van der Waals surface area contributed by atoms with Crippen molar-refractivity contribution < 1.29 is 13.9 Å². The van der Waals surface area contributed by atoms with Crippen LogP contribution in [-0.2, 0) is 11.3 Å². The minimum absolute atomic E-state index is 0. The Morgan fingerprint density at radius 2 is 2.10 bits per heavy atom. The summed E-state index contributed by atoms with van der Waals surface area (Å²) in [5.74, 6) is 1.49. The number of halogens is 2. The molecule has 3 heterocycles. The van der Waals surface area contributed by atoms with E-state index in [9.17, 15) is 4.39 Å². The van der Waals surface area contributed by atoms with Gasteiger partial charge in [0.15, 0.2) is 5.96 Å². The number of benzene rings is 1. The highest BCUT2D eigenvalue weighted by atomic mass is 127. The number of rotatable bonds is 6. The van der Waals surface area contributed by atoms with E-state index >= 15 is 0 Å². The third kappa shape index (κ3) is 5.79. The number of aliphatic imine (C=N–C) groups is 1. The summed E-state index contributed by atoms with van der Waals surface area (Å²) in [7, 11) is 0. The van der Waals surface area contributed by atoms with E-state index in [1.165, 1.54) is 18.6 Å². The van der Waals surface area contributed by atoms with Gasteiger partial charge in [0.05, 0.1) is 24.8 Å². The van der Waals surface area contributed by atoms with Crippen molar-refractivity contribution in [2.75, 3.05) is 6.54 Å². The van der Waals surface area contributed by atoms with Gasteiger partial charge in [-0.2, -0.15) is 0 Å². The van der Waals surface area contributed by atoms with Crippen molar-refractivity contribution in [1.29, 1.82) is 0 Å². The molecule has 2 aliphatic rings. The molecule has 4 rings (SSSR count). The van der Waals surface area contributed by atoms with Crippen LogP contribution in [0.5, 0.6) is 11.6 Å². The quantitative estimate of drug-likeness (QED) is 0.348.